The number of fused-ring (bicyclic) bond motifs is 2. The van der Waals surface area contributed by atoms with Crippen LogP contribution in [0, 0.1) is 11.7 Å². The molecule has 51 heavy (non-hydrogen) atoms. The van der Waals surface area contributed by atoms with E-state index >= 15 is 0 Å². The Kier molecular flexibility index (Phi) is 10.1. The van der Waals surface area contributed by atoms with E-state index in [0.717, 1.165) is 68.6 Å². The van der Waals surface area contributed by atoms with Gasteiger partial charge in [-0.3, -0.25) is 14.2 Å². The quantitative estimate of drug-likeness (QED) is 0.160. The Morgan fingerprint density at radius 1 is 0.941 bits per heavy atom. The lowest BCUT2D eigenvalue weighted by Crippen LogP contribution is -2.43. The largest absolute Gasteiger partial charge is 0.337 e. The van der Waals surface area contributed by atoms with E-state index in [1.165, 1.54) is 20.8 Å². The monoisotopic (exact) mass is 691 g/mol. The first kappa shape index (κ1) is 34.7. The van der Waals surface area contributed by atoms with Crippen LogP contribution in [0.25, 0.3) is 27.8 Å². The average Bonchev–Trinajstić information content (AvgIpc) is 3.57. The van der Waals surface area contributed by atoms with Crippen LogP contribution in [0.3, 0.4) is 0 Å². The van der Waals surface area contributed by atoms with Gasteiger partial charge in [0.25, 0.3) is 5.56 Å². The number of rotatable bonds is 11. The van der Waals surface area contributed by atoms with Gasteiger partial charge >= 0.3 is 5.69 Å². The van der Waals surface area contributed by atoms with Gasteiger partial charge in [0.1, 0.15) is 17.3 Å². The molecule has 2 aromatic carbocycles. The van der Waals surface area contributed by atoms with E-state index in [9.17, 15) is 18.8 Å². The number of nitrogens with zero attached hydrogens (tertiary/aromatic N) is 7. The zero-order chi connectivity index (χ0) is 35.6. The molecule has 0 spiro atoms. The van der Waals surface area contributed by atoms with Crippen LogP contribution in [-0.2, 0) is 19.5 Å². The number of hydrogen-bond donors (Lipinski definition) is 0. The molecule has 0 atom stereocenters. The maximum atomic E-state index is 14.5. The molecule has 266 valence electrons. The first-order valence-electron chi connectivity index (χ1n) is 18.1. The molecule has 0 N–H and O–H groups in total. The Labute approximate surface area is 297 Å². The van der Waals surface area contributed by atoms with E-state index in [1.807, 2.05) is 30.5 Å². The van der Waals surface area contributed by atoms with E-state index in [2.05, 4.69) is 69.7 Å². The van der Waals surface area contributed by atoms with Crippen LogP contribution in [0.1, 0.15) is 72.9 Å². The lowest BCUT2D eigenvalue weighted by Gasteiger charge is -2.29. The third-order valence-electron chi connectivity index (χ3n) is 10.5. The molecule has 0 amide bonds. The van der Waals surface area contributed by atoms with E-state index < -0.39 is 17.1 Å². The highest BCUT2D eigenvalue weighted by Gasteiger charge is 2.29. The van der Waals surface area contributed by atoms with Crippen LogP contribution < -0.4 is 11.2 Å². The zero-order valence-electron chi connectivity index (χ0n) is 29.7. The summed E-state index contributed by atoms with van der Waals surface area (Å²) in [4.78, 5) is 54.7. The summed E-state index contributed by atoms with van der Waals surface area (Å²) in [5.74, 6) is 0.547. The smallest absolute Gasteiger partial charge is 0.334 e. The van der Waals surface area contributed by atoms with Crippen LogP contribution in [0.15, 0.2) is 76.6 Å². The van der Waals surface area contributed by atoms with Crippen LogP contribution in [0.4, 0.5) is 4.39 Å². The molecule has 0 radical (unpaired) electrons. The van der Waals surface area contributed by atoms with Crippen LogP contribution in [0.5, 0.6) is 0 Å². The van der Waals surface area contributed by atoms with Gasteiger partial charge in [0.05, 0.1) is 17.3 Å². The second-order valence-electron chi connectivity index (χ2n) is 14.6. The number of carbonyl (C=O) groups is 1. The van der Waals surface area contributed by atoms with E-state index in [4.69, 9.17) is 0 Å². The Bertz CT molecular complexity index is 2140. The number of aryl methyl sites for hydroxylation is 2. The first-order valence-corrected chi connectivity index (χ1v) is 18.1. The molecule has 0 bridgehead atoms. The maximum absolute atomic E-state index is 14.5. The Morgan fingerprint density at radius 2 is 1.73 bits per heavy atom. The normalized spacial score (nSPS) is 17.7. The number of halogens is 1. The molecule has 5 aromatic rings. The number of likely N-dealkylation sites (N-methyl/N-ethyl adjacent to an activating group) is 2. The number of hydrogen-bond acceptors (Lipinski definition) is 7. The highest BCUT2D eigenvalue weighted by Crippen LogP contribution is 2.34. The van der Waals surface area contributed by atoms with E-state index in [1.54, 1.807) is 0 Å². The van der Waals surface area contributed by atoms with Gasteiger partial charge in [-0.2, -0.15) is 0 Å². The lowest BCUT2D eigenvalue weighted by atomic mass is 9.82. The van der Waals surface area contributed by atoms with Crippen molar-refractivity contribution in [1.29, 1.82) is 0 Å². The molecule has 1 fully saturated rings. The van der Waals surface area contributed by atoms with E-state index in [-0.39, 0.29) is 28.8 Å². The van der Waals surface area contributed by atoms with Crippen molar-refractivity contribution in [3.8, 4) is 16.8 Å². The fourth-order valence-corrected chi connectivity index (χ4v) is 7.65. The number of ketones is 1. The second-order valence-corrected chi connectivity index (χ2v) is 14.6. The molecule has 1 saturated carbocycles. The Morgan fingerprint density at radius 3 is 2.47 bits per heavy atom. The molecular formula is C40H46FN7O3. The van der Waals surface area contributed by atoms with Crippen molar-refractivity contribution in [1.82, 2.24) is 33.5 Å². The second kappa shape index (κ2) is 14.9. The van der Waals surface area contributed by atoms with Crippen molar-refractivity contribution in [2.75, 3.05) is 34.2 Å². The third-order valence-corrected chi connectivity index (χ3v) is 10.5. The topological polar surface area (TPSA) is 98.3 Å². The molecule has 3 aromatic heterocycles. The summed E-state index contributed by atoms with van der Waals surface area (Å²) in [6.45, 7) is 3.70. The number of pyridine rings is 1. The number of benzene rings is 2. The highest BCUT2D eigenvalue weighted by molar-refractivity contribution is 5.94. The minimum absolute atomic E-state index is 0.0500. The summed E-state index contributed by atoms with van der Waals surface area (Å²) >= 11 is 0. The first-order chi connectivity index (χ1) is 24.6. The van der Waals surface area contributed by atoms with Gasteiger partial charge < -0.3 is 14.4 Å². The van der Waals surface area contributed by atoms with Crippen molar-refractivity contribution in [3.05, 3.63) is 111 Å². The van der Waals surface area contributed by atoms with Gasteiger partial charge in [-0.1, -0.05) is 36.4 Å². The fraction of sp³-hybridized carbons (Fsp3) is 0.425. The third kappa shape index (κ3) is 7.50. The average molecular weight is 692 g/mol. The fourth-order valence-electron chi connectivity index (χ4n) is 7.65. The summed E-state index contributed by atoms with van der Waals surface area (Å²) in [6, 6.07) is 16.8. The minimum atomic E-state index is -0.638. The molecule has 11 heteroatoms. The van der Waals surface area contributed by atoms with Gasteiger partial charge in [0.2, 0.25) is 0 Å². The predicted octanol–water partition coefficient (Wildman–Crippen LogP) is 5.88. The lowest BCUT2D eigenvalue weighted by molar-refractivity contribution is 0.0938. The van der Waals surface area contributed by atoms with Gasteiger partial charge in [-0.25, -0.2) is 23.7 Å². The summed E-state index contributed by atoms with van der Waals surface area (Å²) < 4.78 is 19.4. The summed E-state index contributed by atoms with van der Waals surface area (Å²) in [5, 5.41) is 0.0591. The van der Waals surface area contributed by atoms with E-state index in [0.29, 0.717) is 43.5 Å². The summed E-state index contributed by atoms with van der Waals surface area (Å²) in [5.41, 5.74) is 3.28. The van der Waals surface area contributed by atoms with Crippen LogP contribution in [-0.4, -0.2) is 73.5 Å². The van der Waals surface area contributed by atoms with Gasteiger partial charge in [0.15, 0.2) is 11.4 Å². The van der Waals surface area contributed by atoms with Crippen molar-refractivity contribution >= 4 is 16.8 Å². The van der Waals surface area contributed by atoms with Gasteiger partial charge in [-0.05, 0) is 100 Å². The predicted molar refractivity (Wildman–Crippen MR) is 197 cm³/mol. The van der Waals surface area contributed by atoms with Crippen LogP contribution in [0.2, 0.25) is 0 Å². The molecule has 0 saturated heterocycles. The minimum Gasteiger partial charge on any atom is -0.334 e. The molecule has 1 aliphatic carbocycles. The molecule has 7 rings (SSSR count). The molecular weight excluding hydrogens is 645 g/mol. The number of carbonyl (C=O) groups excluding carboxylic acids is 1. The zero-order valence-corrected chi connectivity index (χ0v) is 29.7. The molecule has 4 heterocycles. The SMILES string of the molecule is CN(C)CCN(C)Cc1ccc(-c2cccc(-n3c(=O)n(C4CCC(CC(=O)c5cn6c(n5)CCCC6)CC4)c(=O)c4cc(F)cnc43)c2)cc1. The van der Waals surface area contributed by atoms with Crippen molar-refractivity contribution < 1.29 is 9.18 Å². The molecule has 0 unspecified atom stereocenters. The number of aromatic nitrogens is 5. The van der Waals surface area contributed by atoms with Crippen molar-refractivity contribution in [2.24, 2.45) is 5.92 Å². The van der Waals surface area contributed by atoms with Crippen molar-refractivity contribution in [2.45, 2.75) is 70.5 Å². The van der Waals surface area contributed by atoms with Gasteiger partial charge in [0, 0.05) is 51.3 Å². The molecule has 2 aliphatic rings. The van der Waals surface area contributed by atoms with Crippen molar-refractivity contribution in [3.63, 3.8) is 0 Å². The van der Waals surface area contributed by atoms with Gasteiger partial charge in [-0.15, -0.1) is 0 Å². The molecule has 1 aliphatic heterocycles. The standard InChI is InChI=1S/C40H46FN7O3/c1-44(2)19-20-45(3)25-28-10-14-29(15-11-28)30-7-6-8-33(22-30)47-38-34(23-31(41)24-42-38)39(50)48(40(47)51)32-16-12-27(13-17-32)21-36(49)35-26-46-18-5-4-9-37(46)43-35/h6-8,10-11,14-15,22-24,26-27,32H,4-5,9,12-13,16-21,25H2,1-3H3. The molecule has 10 nitrogen and oxygen atoms in total. The maximum Gasteiger partial charge on any atom is 0.337 e. The Balaban J connectivity index is 1.13. The number of imidazole rings is 1. The Hall–Kier alpha value is -4.74. The van der Waals surface area contributed by atoms with Crippen LogP contribution >= 0.6 is 0 Å². The summed E-state index contributed by atoms with van der Waals surface area (Å²) in [6.07, 6.45) is 8.98. The highest BCUT2D eigenvalue weighted by atomic mass is 19.1. The number of Topliss-reactive ketones (excluding diaryl/α,β-unsaturated/α-hetero) is 1. The summed E-state index contributed by atoms with van der Waals surface area (Å²) in [7, 11) is 6.26.